The van der Waals surface area contributed by atoms with Crippen LogP contribution in [0.25, 0.3) is 0 Å². The smallest absolute Gasteiger partial charge is 0.228 e. The molecule has 5 heteroatoms. The van der Waals surface area contributed by atoms with Gasteiger partial charge >= 0.3 is 0 Å². The first kappa shape index (κ1) is 11.5. The molecule has 0 atom stereocenters. The number of carbonyl (C=O) groups excluding carboxylic acids is 1. The van der Waals surface area contributed by atoms with Gasteiger partial charge in [0.1, 0.15) is 10.4 Å². The highest BCUT2D eigenvalue weighted by Crippen LogP contribution is 2.17. The van der Waals surface area contributed by atoms with Gasteiger partial charge < -0.3 is 10.1 Å². The first-order chi connectivity index (χ1) is 7.75. The lowest BCUT2D eigenvalue weighted by Crippen LogP contribution is -2.28. The van der Waals surface area contributed by atoms with Crippen LogP contribution in [0.5, 0.6) is 0 Å². The second kappa shape index (κ2) is 5.41. The van der Waals surface area contributed by atoms with Gasteiger partial charge in [-0.3, -0.25) is 4.79 Å². The van der Waals surface area contributed by atoms with Gasteiger partial charge in [0.25, 0.3) is 0 Å². The zero-order chi connectivity index (χ0) is 11.4. The number of ether oxygens (including phenoxy) is 1. The monoisotopic (exact) mass is 284 g/mol. The molecule has 0 saturated carbocycles. The summed E-state index contributed by atoms with van der Waals surface area (Å²) in [7, 11) is 0. The van der Waals surface area contributed by atoms with Gasteiger partial charge in [-0.25, -0.2) is 4.98 Å². The topological polar surface area (TPSA) is 51.2 Å². The molecule has 86 valence electrons. The number of rotatable bonds is 2. The predicted octanol–water partition coefficient (Wildman–Crippen LogP) is 2.21. The van der Waals surface area contributed by atoms with Crippen LogP contribution >= 0.6 is 15.9 Å². The number of hydrogen-bond donors (Lipinski definition) is 1. The molecule has 2 heterocycles. The third-order valence-electron chi connectivity index (χ3n) is 2.56. The van der Waals surface area contributed by atoms with E-state index in [9.17, 15) is 4.79 Å². The largest absolute Gasteiger partial charge is 0.381 e. The van der Waals surface area contributed by atoms with E-state index in [1.165, 1.54) is 0 Å². The molecule has 1 N–H and O–H groups in total. The van der Waals surface area contributed by atoms with E-state index in [1.54, 1.807) is 6.07 Å². The maximum atomic E-state index is 11.9. The fourth-order valence-corrected chi connectivity index (χ4v) is 2.01. The quantitative estimate of drug-likeness (QED) is 0.848. The minimum absolute atomic E-state index is 0.0360. The number of pyridine rings is 1. The lowest BCUT2D eigenvalue weighted by molar-refractivity contribution is -0.122. The van der Waals surface area contributed by atoms with Gasteiger partial charge in [0.15, 0.2) is 0 Å². The Morgan fingerprint density at radius 3 is 2.88 bits per heavy atom. The molecule has 1 aromatic rings. The highest BCUT2D eigenvalue weighted by atomic mass is 79.9. The number of anilines is 1. The van der Waals surface area contributed by atoms with Gasteiger partial charge in [-0.1, -0.05) is 6.07 Å². The first-order valence-corrected chi connectivity index (χ1v) is 6.06. The lowest BCUT2D eigenvalue weighted by Gasteiger charge is -2.20. The van der Waals surface area contributed by atoms with Crippen LogP contribution in [0.3, 0.4) is 0 Å². The van der Waals surface area contributed by atoms with Crippen molar-refractivity contribution in [2.24, 2.45) is 5.92 Å². The van der Waals surface area contributed by atoms with Crippen LogP contribution in [-0.4, -0.2) is 24.1 Å². The molecule has 1 aromatic heterocycles. The third kappa shape index (κ3) is 3.02. The summed E-state index contributed by atoms with van der Waals surface area (Å²) in [5.41, 5.74) is 0. The Morgan fingerprint density at radius 1 is 1.44 bits per heavy atom. The van der Waals surface area contributed by atoms with E-state index in [1.807, 2.05) is 12.1 Å². The highest BCUT2D eigenvalue weighted by Gasteiger charge is 2.21. The Morgan fingerprint density at radius 2 is 2.19 bits per heavy atom. The van der Waals surface area contributed by atoms with E-state index < -0.39 is 0 Å². The Hall–Kier alpha value is -0.940. The summed E-state index contributed by atoms with van der Waals surface area (Å²) < 4.78 is 5.94. The number of nitrogens with one attached hydrogen (secondary N) is 1. The van der Waals surface area contributed by atoms with Crippen molar-refractivity contribution in [2.75, 3.05) is 18.5 Å². The Bertz CT molecular complexity index is 378. The first-order valence-electron chi connectivity index (χ1n) is 5.27. The summed E-state index contributed by atoms with van der Waals surface area (Å²) in [4.78, 5) is 16.0. The summed E-state index contributed by atoms with van der Waals surface area (Å²) >= 11 is 3.27. The molecule has 1 amide bonds. The standard InChI is InChI=1S/C11H13BrN2O2/c12-9-2-1-3-10(13-9)14-11(15)8-4-6-16-7-5-8/h1-3,8H,4-7H2,(H,13,14,15). The van der Waals surface area contributed by atoms with Gasteiger partial charge in [0.05, 0.1) is 0 Å². The normalized spacial score (nSPS) is 17.1. The number of nitrogens with zero attached hydrogens (tertiary/aromatic N) is 1. The van der Waals surface area contributed by atoms with Crippen LogP contribution in [0.4, 0.5) is 5.82 Å². The third-order valence-corrected chi connectivity index (χ3v) is 3.00. The average molecular weight is 285 g/mol. The molecule has 0 bridgehead atoms. The number of aromatic nitrogens is 1. The van der Waals surface area contributed by atoms with Crippen LogP contribution < -0.4 is 5.32 Å². The van der Waals surface area contributed by atoms with Crippen molar-refractivity contribution in [1.29, 1.82) is 0 Å². The lowest BCUT2D eigenvalue weighted by atomic mass is 9.99. The summed E-state index contributed by atoms with van der Waals surface area (Å²) in [6.45, 7) is 1.34. The zero-order valence-electron chi connectivity index (χ0n) is 8.78. The van der Waals surface area contributed by atoms with Crippen molar-refractivity contribution in [3.8, 4) is 0 Å². The zero-order valence-corrected chi connectivity index (χ0v) is 10.4. The second-order valence-corrected chi connectivity index (χ2v) is 4.53. The minimum atomic E-state index is 0.0360. The van der Waals surface area contributed by atoms with Crippen molar-refractivity contribution in [3.05, 3.63) is 22.8 Å². The molecular weight excluding hydrogens is 272 g/mol. The van der Waals surface area contributed by atoms with Crippen molar-refractivity contribution < 1.29 is 9.53 Å². The number of carbonyl (C=O) groups is 1. The van der Waals surface area contributed by atoms with E-state index in [4.69, 9.17) is 4.74 Å². The number of hydrogen-bond acceptors (Lipinski definition) is 3. The van der Waals surface area contributed by atoms with Crippen molar-refractivity contribution in [1.82, 2.24) is 4.98 Å². The second-order valence-electron chi connectivity index (χ2n) is 3.72. The predicted molar refractivity (Wildman–Crippen MR) is 64.1 cm³/mol. The summed E-state index contributed by atoms with van der Waals surface area (Å²) in [5.74, 6) is 0.675. The van der Waals surface area contributed by atoms with E-state index >= 15 is 0 Å². The molecule has 1 aliphatic rings. The molecule has 1 saturated heterocycles. The summed E-state index contributed by atoms with van der Waals surface area (Å²) in [6, 6.07) is 5.45. The average Bonchev–Trinajstić information content (AvgIpc) is 2.30. The van der Waals surface area contributed by atoms with Crippen molar-refractivity contribution >= 4 is 27.7 Å². The van der Waals surface area contributed by atoms with Gasteiger partial charge in [-0.2, -0.15) is 0 Å². The van der Waals surface area contributed by atoms with Gasteiger partial charge in [0, 0.05) is 19.1 Å². The fourth-order valence-electron chi connectivity index (χ4n) is 1.67. The number of amides is 1. The summed E-state index contributed by atoms with van der Waals surface area (Å²) in [6.07, 6.45) is 1.58. The van der Waals surface area contributed by atoms with Crippen LogP contribution in [0.1, 0.15) is 12.8 Å². The molecule has 2 rings (SSSR count). The highest BCUT2D eigenvalue weighted by molar-refractivity contribution is 9.10. The molecule has 0 aromatic carbocycles. The molecule has 0 spiro atoms. The van der Waals surface area contributed by atoms with Crippen LogP contribution in [-0.2, 0) is 9.53 Å². The van der Waals surface area contributed by atoms with Crippen LogP contribution in [0, 0.1) is 5.92 Å². The van der Waals surface area contributed by atoms with Gasteiger partial charge in [-0.15, -0.1) is 0 Å². The maximum Gasteiger partial charge on any atom is 0.228 e. The number of halogens is 1. The van der Waals surface area contributed by atoms with Crippen LogP contribution in [0.15, 0.2) is 22.8 Å². The van der Waals surface area contributed by atoms with Crippen LogP contribution in [0.2, 0.25) is 0 Å². The molecule has 0 aliphatic carbocycles. The van der Waals surface area contributed by atoms with Crippen molar-refractivity contribution in [3.63, 3.8) is 0 Å². The SMILES string of the molecule is O=C(Nc1cccc(Br)n1)C1CCOCC1. The molecule has 1 fully saturated rings. The Balaban J connectivity index is 1.96. The van der Waals surface area contributed by atoms with E-state index in [-0.39, 0.29) is 11.8 Å². The van der Waals surface area contributed by atoms with E-state index in [2.05, 4.69) is 26.2 Å². The minimum Gasteiger partial charge on any atom is -0.381 e. The molecule has 16 heavy (non-hydrogen) atoms. The van der Waals surface area contributed by atoms with Gasteiger partial charge in [0.2, 0.25) is 5.91 Å². The molecule has 0 unspecified atom stereocenters. The Labute approximate surface area is 103 Å². The van der Waals surface area contributed by atoms with E-state index in [0.717, 1.165) is 17.4 Å². The fraction of sp³-hybridized carbons (Fsp3) is 0.455. The molecule has 0 radical (unpaired) electrons. The maximum absolute atomic E-state index is 11.9. The summed E-state index contributed by atoms with van der Waals surface area (Å²) in [5, 5.41) is 2.82. The van der Waals surface area contributed by atoms with Crippen molar-refractivity contribution in [2.45, 2.75) is 12.8 Å². The van der Waals surface area contributed by atoms with Gasteiger partial charge in [-0.05, 0) is 40.9 Å². The molecule has 1 aliphatic heterocycles. The molecule has 4 nitrogen and oxygen atoms in total. The molecular formula is C11H13BrN2O2. The Kier molecular flexibility index (Phi) is 3.90. The van der Waals surface area contributed by atoms with E-state index in [0.29, 0.717) is 19.0 Å².